The van der Waals surface area contributed by atoms with Crippen molar-refractivity contribution in [2.75, 3.05) is 46.2 Å². The second-order valence-corrected chi connectivity index (χ2v) is 27.9. The summed E-state index contributed by atoms with van der Waals surface area (Å²) in [5, 5.41) is 188. The van der Waals surface area contributed by atoms with Crippen LogP contribution in [0.2, 0.25) is 0 Å². The fourth-order valence-corrected chi connectivity index (χ4v) is 17.4. The van der Waals surface area contributed by atoms with Crippen LogP contribution in [0.15, 0.2) is 11.6 Å². The molecule has 5 heterocycles. The van der Waals surface area contributed by atoms with Gasteiger partial charge >= 0.3 is 5.97 Å². The van der Waals surface area contributed by atoms with Crippen LogP contribution in [0.3, 0.4) is 0 Å². The summed E-state index contributed by atoms with van der Waals surface area (Å²) < 4.78 is 58.5. The number of ether oxygens (including phenoxy) is 10. The van der Waals surface area contributed by atoms with Gasteiger partial charge in [-0.2, -0.15) is 0 Å². The van der Waals surface area contributed by atoms with Crippen molar-refractivity contribution < 1.29 is 139 Å². The Labute approximate surface area is 491 Å². The minimum atomic E-state index is -2.08. The molecule has 5 saturated heterocycles. The number of hydrogen-bond acceptors (Lipinski definition) is 28. The summed E-state index contributed by atoms with van der Waals surface area (Å²) in [6, 6.07) is 0. The van der Waals surface area contributed by atoms with E-state index in [0.29, 0.717) is 32.1 Å². The zero-order chi connectivity index (χ0) is 62.1. The van der Waals surface area contributed by atoms with Crippen molar-refractivity contribution in [2.45, 2.75) is 240 Å². The number of rotatable bonds is 14. The van der Waals surface area contributed by atoms with E-state index < -0.39 is 238 Å². The Morgan fingerprint density at radius 1 is 0.600 bits per heavy atom. The summed E-state index contributed by atoms with van der Waals surface area (Å²) in [6.45, 7) is 7.41. The highest BCUT2D eigenvalue weighted by atomic mass is 16.8. The molecule has 0 unspecified atom stereocenters. The molecule has 0 aromatic carbocycles. The van der Waals surface area contributed by atoms with Gasteiger partial charge in [0.25, 0.3) is 0 Å². The van der Waals surface area contributed by atoms with Crippen LogP contribution in [0, 0.1) is 50.2 Å². The quantitative estimate of drug-likeness (QED) is 0.0439. The van der Waals surface area contributed by atoms with E-state index in [-0.39, 0.29) is 30.6 Å². The van der Waals surface area contributed by atoms with Crippen molar-refractivity contribution >= 4 is 5.97 Å². The van der Waals surface area contributed by atoms with Gasteiger partial charge < -0.3 is 134 Å². The number of carbonyl (C=O) groups excluding carboxylic acids is 1. The minimum absolute atomic E-state index is 0.0767. The lowest BCUT2D eigenvalue weighted by molar-refractivity contribution is -0.372. The Balaban J connectivity index is 0.864. The second kappa shape index (κ2) is 24.0. The number of aliphatic hydroxyl groups is 17. The summed E-state index contributed by atoms with van der Waals surface area (Å²) >= 11 is 0. The first-order chi connectivity index (χ1) is 39.9. The first-order valence-corrected chi connectivity index (χ1v) is 29.9. The summed E-state index contributed by atoms with van der Waals surface area (Å²) in [4.78, 5) is 15.4. The Morgan fingerprint density at radius 3 is 1.89 bits per heavy atom. The molecule has 0 aromatic rings. The van der Waals surface area contributed by atoms with Crippen LogP contribution < -0.4 is 0 Å². The van der Waals surface area contributed by atoms with E-state index in [0.717, 1.165) is 5.57 Å². The van der Waals surface area contributed by atoms with Gasteiger partial charge in [0.15, 0.2) is 31.3 Å². The zero-order valence-corrected chi connectivity index (χ0v) is 48.8. The smallest absolute Gasteiger partial charge is 0.317 e. The van der Waals surface area contributed by atoms with Gasteiger partial charge in [-0.3, -0.25) is 4.79 Å². The molecule has 17 N–H and O–H groups in total. The molecule has 28 nitrogen and oxygen atoms in total. The van der Waals surface area contributed by atoms with Crippen molar-refractivity contribution in [3.63, 3.8) is 0 Å². The fraction of sp³-hybridized carbons (Fsp3) is 0.947. The van der Waals surface area contributed by atoms with Gasteiger partial charge in [-0.25, -0.2) is 0 Å². The van der Waals surface area contributed by atoms with Crippen molar-refractivity contribution in [3.8, 4) is 0 Å². The van der Waals surface area contributed by atoms with Gasteiger partial charge in [0.1, 0.15) is 90.4 Å². The van der Waals surface area contributed by atoms with E-state index in [1.54, 1.807) is 0 Å². The summed E-state index contributed by atoms with van der Waals surface area (Å²) in [7, 11) is 0. The monoisotopic (exact) mass is 1220 g/mol. The molecule has 0 amide bonds. The third kappa shape index (κ3) is 10.6. The molecule has 0 aromatic heterocycles. The molecular weight excluding hydrogens is 1130 g/mol. The lowest BCUT2D eigenvalue weighted by Crippen LogP contribution is -2.71. The molecule has 4 saturated carbocycles. The highest BCUT2D eigenvalue weighted by molar-refractivity contribution is 5.80. The number of esters is 1. The van der Waals surface area contributed by atoms with Gasteiger partial charge in [0.2, 0.25) is 6.29 Å². The van der Waals surface area contributed by atoms with Crippen molar-refractivity contribution in [1.29, 1.82) is 0 Å². The van der Waals surface area contributed by atoms with Gasteiger partial charge in [0, 0.05) is 5.41 Å². The molecule has 85 heavy (non-hydrogen) atoms. The van der Waals surface area contributed by atoms with Crippen molar-refractivity contribution in [3.05, 3.63) is 11.6 Å². The largest absolute Gasteiger partial charge is 0.432 e. The normalized spacial score (nSPS) is 54.0. The summed E-state index contributed by atoms with van der Waals surface area (Å²) in [6.07, 6.45) is -32.8. The molecule has 488 valence electrons. The Bertz CT molecular complexity index is 2380. The molecule has 9 fully saturated rings. The first kappa shape index (κ1) is 66.1. The van der Waals surface area contributed by atoms with E-state index in [1.165, 1.54) is 6.92 Å². The predicted octanol–water partition coefficient (Wildman–Crippen LogP) is -5.38. The van der Waals surface area contributed by atoms with Crippen LogP contribution in [-0.2, 0) is 52.2 Å². The zero-order valence-electron chi connectivity index (χ0n) is 48.8. The summed E-state index contributed by atoms with van der Waals surface area (Å²) in [5.74, 6) is -2.25. The molecule has 10 aliphatic rings. The van der Waals surface area contributed by atoms with Crippen LogP contribution in [0.1, 0.15) is 92.9 Å². The topological polar surface area (TPSA) is 453 Å². The maximum atomic E-state index is 15.4. The third-order valence-corrected chi connectivity index (χ3v) is 22.6. The van der Waals surface area contributed by atoms with E-state index in [2.05, 4.69) is 33.8 Å². The van der Waals surface area contributed by atoms with Crippen LogP contribution >= 0.6 is 0 Å². The Hall–Kier alpha value is -1.83. The maximum Gasteiger partial charge on any atom is 0.317 e. The number of carbonyl (C=O) groups is 1. The average Bonchev–Trinajstić information content (AvgIpc) is 0.951. The van der Waals surface area contributed by atoms with Crippen LogP contribution in [-0.4, -0.2) is 286 Å². The van der Waals surface area contributed by atoms with Crippen LogP contribution in [0.25, 0.3) is 0 Å². The molecule has 0 bridgehead atoms. The van der Waals surface area contributed by atoms with Crippen LogP contribution in [0.4, 0.5) is 0 Å². The number of allylic oxidation sites excluding steroid dienone is 2. The van der Waals surface area contributed by atoms with Crippen molar-refractivity contribution in [2.24, 2.45) is 50.2 Å². The van der Waals surface area contributed by atoms with Crippen molar-refractivity contribution in [1.82, 2.24) is 0 Å². The number of fused-ring (bicyclic) bond motifs is 7. The van der Waals surface area contributed by atoms with Gasteiger partial charge in [-0.15, -0.1) is 0 Å². The molecule has 5 aliphatic heterocycles. The molecule has 5 aliphatic carbocycles. The van der Waals surface area contributed by atoms with E-state index in [9.17, 15) is 86.8 Å². The highest BCUT2D eigenvalue weighted by Gasteiger charge is 2.74. The molecule has 0 radical (unpaired) electrons. The Morgan fingerprint density at radius 2 is 1.24 bits per heavy atom. The maximum absolute atomic E-state index is 15.4. The summed E-state index contributed by atoms with van der Waals surface area (Å²) in [5.41, 5.74) is -6.87. The van der Waals surface area contributed by atoms with E-state index in [1.807, 2.05) is 6.92 Å². The second-order valence-electron chi connectivity index (χ2n) is 27.9. The van der Waals surface area contributed by atoms with Crippen LogP contribution in [0.5, 0.6) is 0 Å². The lowest BCUT2D eigenvalue weighted by atomic mass is 9.33. The predicted molar refractivity (Wildman–Crippen MR) is 282 cm³/mol. The lowest BCUT2D eigenvalue weighted by Gasteiger charge is -2.72. The van der Waals surface area contributed by atoms with E-state index >= 15 is 4.79 Å². The molecule has 0 spiro atoms. The SMILES string of the molecule is C[C@@H]1O[C@@H](O[C@@H]2[C@@H](OC(=O)[C@]34CCC(C)(C)C[C@H]3C3=CC[C@@H]5[C@@]6(C)C[C@H](O)[C@H](O[C@@H]7O[C@@H](CO)[C@@H](O)[C@@H](O)[C@@H]7O)C(CO)(CO)[C@H]6CC[C@@]5(C)[C@]3(C)C[C@@H]4O)OC[C@@H](O)[C@@H]2O)[C@@H](O)[C@@H](O)[C@@H]1O[C@@H]1OC[C@@H](O)[C@@H](O[C@@H]2OC[C@](O)(CO)[C@@H]2O)[C@@H]1O. The first-order valence-electron chi connectivity index (χ1n) is 29.9. The number of aliphatic hydroxyl groups excluding tert-OH is 16. The fourth-order valence-electron chi connectivity index (χ4n) is 17.4. The average molecular weight is 1230 g/mol. The molecule has 28 heteroatoms. The molecule has 31 atom stereocenters. The molecular formula is C57H92O28. The third-order valence-electron chi connectivity index (χ3n) is 22.6. The Kier molecular flexibility index (Phi) is 18.7. The van der Waals surface area contributed by atoms with Gasteiger partial charge in [0.05, 0.1) is 70.7 Å². The minimum Gasteiger partial charge on any atom is -0.432 e. The number of hydrogen-bond donors (Lipinski definition) is 17. The van der Waals surface area contributed by atoms with E-state index in [4.69, 9.17) is 47.4 Å². The molecule has 10 rings (SSSR count). The van der Waals surface area contributed by atoms with Gasteiger partial charge in [-0.1, -0.05) is 46.3 Å². The standard InChI is InChI=1S/C57H92O28/c1-23-40(81-45-39(72)41(28(64)18-76-45)82-49-43(73)56(75,21-61)22-78-49)36(69)38(71)46(79-23)83-42-33(66)27(63)17-77-48(42)85-50(74)57-12-11-51(2,3)13-25(57)24-7-8-30-52(4)14-26(62)44(84-47-37(70)35(68)34(67)29(16-58)80-47)55(19-59,20-60)31(52)9-10-53(30,5)54(24,6)15-32(57)65/h7,23,25-49,58-73,75H,8-22H2,1-6H3/t23-,25-,26-,27+,28+,29-,30+,31-,32-,33-,34+,35+,36+,37-,38-,39-,40+,41+,42-,43+,44-,45-,46-,47-,48+,49-,52+,53+,54+,56+,57+/m0/s1. The highest BCUT2D eigenvalue weighted by Crippen LogP contribution is 2.76. The van der Waals surface area contributed by atoms with Gasteiger partial charge in [-0.05, 0) is 97.7 Å².